The first kappa shape index (κ1) is 14.2. The van der Waals surface area contributed by atoms with Crippen LogP contribution in [0.2, 0.25) is 0 Å². The summed E-state index contributed by atoms with van der Waals surface area (Å²) in [4.78, 5) is 22.6. The lowest BCUT2D eigenvalue weighted by molar-refractivity contribution is -0.143. The van der Waals surface area contributed by atoms with Crippen molar-refractivity contribution in [3.8, 4) is 0 Å². The van der Waals surface area contributed by atoms with Crippen LogP contribution in [0, 0.1) is 6.92 Å². The van der Waals surface area contributed by atoms with Crippen LogP contribution in [0.25, 0.3) is 0 Å². The first-order chi connectivity index (χ1) is 8.61. The molecule has 0 aromatic heterocycles. The van der Waals surface area contributed by atoms with Crippen molar-refractivity contribution in [3.63, 3.8) is 0 Å². The summed E-state index contributed by atoms with van der Waals surface area (Å²) in [6.07, 6.45) is 1.12. The number of esters is 1. The fourth-order valence-electron chi connectivity index (χ4n) is 1.49. The third-order valence-electron chi connectivity index (χ3n) is 2.43. The summed E-state index contributed by atoms with van der Waals surface area (Å²) in [6.45, 7) is 4.14. The number of anilines is 1. The van der Waals surface area contributed by atoms with Crippen molar-refractivity contribution in [3.05, 3.63) is 29.8 Å². The molecule has 0 saturated heterocycles. The van der Waals surface area contributed by atoms with Crippen molar-refractivity contribution in [1.82, 2.24) is 0 Å². The number of benzene rings is 1. The van der Waals surface area contributed by atoms with Gasteiger partial charge in [0.15, 0.2) is 0 Å². The van der Waals surface area contributed by atoms with Gasteiger partial charge >= 0.3 is 5.97 Å². The van der Waals surface area contributed by atoms with E-state index in [0.29, 0.717) is 19.4 Å². The van der Waals surface area contributed by atoms with Crippen LogP contribution < -0.4 is 5.32 Å². The summed E-state index contributed by atoms with van der Waals surface area (Å²) in [7, 11) is 0. The van der Waals surface area contributed by atoms with Gasteiger partial charge in [0.2, 0.25) is 5.91 Å². The van der Waals surface area contributed by atoms with Crippen LogP contribution in [0.4, 0.5) is 5.69 Å². The minimum Gasteiger partial charge on any atom is -0.466 e. The predicted molar refractivity (Wildman–Crippen MR) is 70.3 cm³/mol. The van der Waals surface area contributed by atoms with Crippen molar-refractivity contribution in [2.45, 2.75) is 33.1 Å². The van der Waals surface area contributed by atoms with E-state index in [1.165, 1.54) is 0 Å². The average Bonchev–Trinajstić information content (AvgIpc) is 2.32. The summed E-state index contributed by atoms with van der Waals surface area (Å²) in [6, 6.07) is 7.60. The predicted octanol–water partition coefficient (Wildman–Crippen LogP) is 2.67. The van der Waals surface area contributed by atoms with E-state index in [1.54, 1.807) is 6.92 Å². The van der Waals surface area contributed by atoms with Gasteiger partial charge in [0.25, 0.3) is 0 Å². The van der Waals surface area contributed by atoms with E-state index in [4.69, 9.17) is 4.74 Å². The van der Waals surface area contributed by atoms with E-state index in [2.05, 4.69) is 5.32 Å². The van der Waals surface area contributed by atoms with Crippen LogP contribution in [-0.2, 0) is 14.3 Å². The summed E-state index contributed by atoms with van der Waals surface area (Å²) in [5, 5.41) is 2.78. The van der Waals surface area contributed by atoms with Crippen molar-refractivity contribution in [1.29, 1.82) is 0 Å². The molecule has 0 radical (unpaired) electrons. The number of carbonyl (C=O) groups is 2. The Morgan fingerprint density at radius 1 is 1.17 bits per heavy atom. The second-order valence-corrected chi connectivity index (χ2v) is 4.07. The van der Waals surface area contributed by atoms with Gasteiger partial charge in [-0.05, 0) is 32.4 Å². The van der Waals surface area contributed by atoms with E-state index < -0.39 is 0 Å². The van der Waals surface area contributed by atoms with Crippen LogP contribution >= 0.6 is 0 Å². The monoisotopic (exact) mass is 249 g/mol. The van der Waals surface area contributed by atoms with Crippen LogP contribution in [0.3, 0.4) is 0 Å². The van der Waals surface area contributed by atoms with Gasteiger partial charge in [-0.15, -0.1) is 0 Å². The highest BCUT2D eigenvalue weighted by molar-refractivity contribution is 5.90. The fraction of sp³-hybridized carbons (Fsp3) is 0.429. The number of ether oxygens (including phenoxy) is 1. The van der Waals surface area contributed by atoms with Gasteiger partial charge < -0.3 is 10.1 Å². The first-order valence-corrected chi connectivity index (χ1v) is 6.14. The van der Waals surface area contributed by atoms with Gasteiger partial charge in [-0.2, -0.15) is 0 Å². The fourth-order valence-corrected chi connectivity index (χ4v) is 1.49. The molecule has 0 spiro atoms. The Labute approximate surface area is 107 Å². The van der Waals surface area contributed by atoms with E-state index in [0.717, 1.165) is 11.3 Å². The number of amides is 1. The number of hydrogen-bond acceptors (Lipinski definition) is 3. The first-order valence-electron chi connectivity index (χ1n) is 6.14. The molecule has 0 aliphatic heterocycles. The average molecular weight is 249 g/mol. The number of aryl methyl sites for hydroxylation is 1. The molecule has 1 N–H and O–H groups in total. The van der Waals surface area contributed by atoms with Gasteiger partial charge in [-0.1, -0.05) is 17.7 Å². The molecule has 1 rings (SSSR count). The highest BCUT2D eigenvalue weighted by Gasteiger charge is 2.05. The molecule has 98 valence electrons. The lowest BCUT2D eigenvalue weighted by Gasteiger charge is -2.05. The molecule has 0 saturated carbocycles. The molecule has 0 bridgehead atoms. The zero-order chi connectivity index (χ0) is 13.4. The van der Waals surface area contributed by atoms with Crippen LogP contribution in [0.15, 0.2) is 24.3 Å². The quantitative estimate of drug-likeness (QED) is 0.788. The van der Waals surface area contributed by atoms with Crippen molar-refractivity contribution >= 4 is 17.6 Å². The van der Waals surface area contributed by atoms with Gasteiger partial charge in [0, 0.05) is 18.5 Å². The van der Waals surface area contributed by atoms with E-state index in [-0.39, 0.29) is 18.3 Å². The maximum Gasteiger partial charge on any atom is 0.305 e. The molecule has 0 aliphatic carbocycles. The third kappa shape index (κ3) is 5.48. The summed E-state index contributed by atoms with van der Waals surface area (Å²) in [5.41, 5.74) is 1.93. The topological polar surface area (TPSA) is 55.4 Å². The molecular weight excluding hydrogens is 230 g/mol. The molecular formula is C14H19NO3. The van der Waals surface area contributed by atoms with Gasteiger partial charge in [-0.3, -0.25) is 9.59 Å². The molecule has 0 aliphatic rings. The molecule has 0 heterocycles. The molecule has 0 atom stereocenters. The van der Waals surface area contributed by atoms with E-state index in [1.807, 2.05) is 31.2 Å². The smallest absolute Gasteiger partial charge is 0.305 e. The Bertz CT molecular complexity index is 398. The highest BCUT2D eigenvalue weighted by atomic mass is 16.5. The SMILES string of the molecule is CCOC(=O)CCCC(=O)Nc1ccc(C)cc1. The van der Waals surface area contributed by atoms with Crippen molar-refractivity contribution in [2.75, 3.05) is 11.9 Å². The Morgan fingerprint density at radius 3 is 2.44 bits per heavy atom. The molecule has 0 fully saturated rings. The molecule has 1 amide bonds. The Hall–Kier alpha value is -1.84. The standard InChI is InChI=1S/C14H19NO3/c1-3-18-14(17)6-4-5-13(16)15-12-9-7-11(2)8-10-12/h7-10H,3-6H2,1-2H3,(H,15,16). The van der Waals surface area contributed by atoms with Crippen molar-refractivity contribution < 1.29 is 14.3 Å². The molecule has 1 aromatic carbocycles. The van der Waals surface area contributed by atoms with E-state index in [9.17, 15) is 9.59 Å². The number of nitrogens with one attached hydrogen (secondary N) is 1. The molecule has 4 nitrogen and oxygen atoms in total. The zero-order valence-electron chi connectivity index (χ0n) is 10.9. The lowest BCUT2D eigenvalue weighted by atomic mass is 10.2. The molecule has 4 heteroatoms. The van der Waals surface area contributed by atoms with E-state index >= 15 is 0 Å². The maximum atomic E-state index is 11.6. The summed E-state index contributed by atoms with van der Waals surface area (Å²) >= 11 is 0. The minimum absolute atomic E-state index is 0.0804. The normalized spacial score (nSPS) is 9.89. The third-order valence-corrected chi connectivity index (χ3v) is 2.43. The lowest BCUT2D eigenvalue weighted by Crippen LogP contribution is -2.12. The zero-order valence-corrected chi connectivity index (χ0v) is 10.9. The molecule has 0 unspecified atom stereocenters. The summed E-state index contributed by atoms with van der Waals surface area (Å²) < 4.78 is 4.78. The van der Waals surface area contributed by atoms with Gasteiger partial charge in [-0.25, -0.2) is 0 Å². The van der Waals surface area contributed by atoms with Crippen LogP contribution in [-0.4, -0.2) is 18.5 Å². The minimum atomic E-state index is -0.249. The molecule has 18 heavy (non-hydrogen) atoms. The van der Waals surface area contributed by atoms with Crippen LogP contribution in [0.5, 0.6) is 0 Å². The maximum absolute atomic E-state index is 11.6. The number of carbonyl (C=O) groups excluding carboxylic acids is 2. The van der Waals surface area contributed by atoms with Crippen LogP contribution in [0.1, 0.15) is 31.7 Å². The Morgan fingerprint density at radius 2 is 1.83 bits per heavy atom. The Balaban J connectivity index is 2.25. The summed E-state index contributed by atoms with van der Waals surface area (Å²) in [5.74, 6) is -0.330. The van der Waals surface area contributed by atoms with Crippen molar-refractivity contribution in [2.24, 2.45) is 0 Å². The largest absolute Gasteiger partial charge is 0.466 e. The second kappa shape index (κ2) is 7.48. The number of hydrogen-bond donors (Lipinski definition) is 1. The highest BCUT2D eigenvalue weighted by Crippen LogP contribution is 2.09. The second-order valence-electron chi connectivity index (χ2n) is 4.07. The number of rotatable bonds is 6. The Kier molecular flexibility index (Phi) is 5.91. The van der Waals surface area contributed by atoms with Gasteiger partial charge in [0.05, 0.1) is 6.61 Å². The van der Waals surface area contributed by atoms with Gasteiger partial charge in [0.1, 0.15) is 0 Å². The molecule has 1 aromatic rings.